The molecular formula is C6H10N+. The van der Waals surface area contributed by atoms with Gasteiger partial charge in [0.25, 0.3) is 0 Å². The first-order chi connectivity index (χ1) is 3.41. The normalized spacial score (nSPS) is 72.0. The maximum atomic E-state index is 1.56. The van der Waals surface area contributed by atoms with Crippen molar-refractivity contribution in [2.24, 2.45) is 5.92 Å². The van der Waals surface area contributed by atoms with Gasteiger partial charge in [0.15, 0.2) is 0 Å². The summed E-state index contributed by atoms with van der Waals surface area (Å²) in [5.41, 5.74) is 0. The van der Waals surface area contributed by atoms with Gasteiger partial charge in [-0.1, -0.05) is 0 Å². The van der Waals surface area contributed by atoms with Crippen molar-refractivity contribution in [1.82, 2.24) is 0 Å². The first-order valence-corrected chi connectivity index (χ1v) is 3.26. The third-order valence-electron chi connectivity index (χ3n) is 3.21. The van der Waals surface area contributed by atoms with Crippen molar-refractivity contribution in [3.05, 3.63) is 0 Å². The lowest BCUT2D eigenvalue weighted by Crippen LogP contribution is -2.37. The third-order valence-corrected chi connectivity index (χ3v) is 3.21. The van der Waals surface area contributed by atoms with E-state index in [1.165, 1.54) is 18.5 Å². The van der Waals surface area contributed by atoms with Crippen LogP contribution in [0.3, 0.4) is 0 Å². The minimum atomic E-state index is 1.19. The molecule has 0 aromatic rings. The summed E-state index contributed by atoms with van der Waals surface area (Å²) in [6, 6.07) is 1.19. The molecule has 0 amide bonds. The second-order valence-corrected chi connectivity index (χ2v) is 3.42. The number of hydrogen-bond acceptors (Lipinski definition) is 0. The molecule has 1 heteroatoms. The number of quaternary nitrogens is 1. The van der Waals surface area contributed by atoms with Crippen molar-refractivity contribution >= 4 is 0 Å². The highest BCUT2D eigenvalue weighted by molar-refractivity contribution is 4.98. The second kappa shape index (κ2) is 0.576. The van der Waals surface area contributed by atoms with E-state index in [1.807, 2.05) is 0 Å². The lowest BCUT2D eigenvalue weighted by molar-refractivity contribution is -0.830. The van der Waals surface area contributed by atoms with E-state index in [0.29, 0.717) is 0 Å². The molecule has 4 fully saturated rings. The molecule has 0 aliphatic carbocycles. The molecule has 1 spiro atoms. The quantitative estimate of drug-likeness (QED) is 0.299. The van der Waals surface area contributed by atoms with Crippen LogP contribution in [0.5, 0.6) is 0 Å². The summed E-state index contributed by atoms with van der Waals surface area (Å²) in [4.78, 5) is 0. The van der Waals surface area contributed by atoms with Crippen LogP contribution in [0.1, 0.15) is 6.42 Å². The van der Waals surface area contributed by atoms with Crippen LogP contribution in [-0.2, 0) is 0 Å². The summed E-state index contributed by atoms with van der Waals surface area (Å²) < 4.78 is 1.56. The van der Waals surface area contributed by atoms with E-state index >= 15 is 0 Å². The summed E-state index contributed by atoms with van der Waals surface area (Å²) in [7, 11) is 0. The SMILES string of the molecule is C1C[N+]23CC1C2C3. The Hall–Kier alpha value is -0.0400. The molecule has 0 aromatic carbocycles. The predicted molar refractivity (Wildman–Crippen MR) is 26.8 cm³/mol. The summed E-state index contributed by atoms with van der Waals surface area (Å²) in [6.07, 6.45) is 1.56. The van der Waals surface area contributed by atoms with Crippen molar-refractivity contribution in [3.8, 4) is 0 Å². The molecule has 4 rings (SSSR count). The topological polar surface area (TPSA) is 0 Å². The van der Waals surface area contributed by atoms with Gasteiger partial charge in [0.1, 0.15) is 12.6 Å². The van der Waals surface area contributed by atoms with E-state index in [2.05, 4.69) is 0 Å². The molecule has 3 unspecified atom stereocenters. The molecule has 2 bridgehead atoms. The van der Waals surface area contributed by atoms with Gasteiger partial charge in [0.2, 0.25) is 0 Å². The summed E-state index contributed by atoms with van der Waals surface area (Å²) in [6.45, 7) is 4.66. The average Bonchev–Trinajstić information content (AvgIpc) is 2.04. The van der Waals surface area contributed by atoms with E-state index in [-0.39, 0.29) is 0 Å². The van der Waals surface area contributed by atoms with Gasteiger partial charge < -0.3 is 4.48 Å². The van der Waals surface area contributed by atoms with Gasteiger partial charge in [0.05, 0.1) is 19.0 Å². The molecule has 4 aliphatic rings. The average molecular weight is 96.2 g/mol. The van der Waals surface area contributed by atoms with Gasteiger partial charge in [-0.3, -0.25) is 0 Å². The van der Waals surface area contributed by atoms with Crippen LogP contribution in [-0.4, -0.2) is 30.2 Å². The molecule has 4 saturated heterocycles. The van der Waals surface area contributed by atoms with Crippen molar-refractivity contribution in [2.45, 2.75) is 12.5 Å². The summed E-state index contributed by atoms with van der Waals surface area (Å²) in [5.74, 6) is 1.19. The fourth-order valence-electron chi connectivity index (χ4n) is 2.64. The fourth-order valence-corrected chi connectivity index (χ4v) is 2.64. The molecule has 38 valence electrons. The van der Waals surface area contributed by atoms with Crippen LogP contribution in [0, 0.1) is 5.92 Å². The third kappa shape index (κ3) is 0.163. The van der Waals surface area contributed by atoms with Crippen LogP contribution in [0.2, 0.25) is 0 Å². The van der Waals surface area contributed by atoms with Crippen molar-refractivity contribution in [1.29, 1.82) is 0 Å². The van der Waals surface area contributed by atoms with Gasteiger partial charge in [0, 0.05) is 6.42 Å². The molecule has 3 atom stereocenters. The van der Waals surface area contributed by atoms with Gasteiger partial charge >= 0.3 is 0 Å². The Morgan fingerprint density at radius 1 is 1.29 bits per heavy atom. The highest BCUT2D eigenvalue weighted by atomic mass is 15.6. The lowest BCUT2D eigenvalue weighted by atomic mass is 10.0. The largest absolute Gasteiger partial charge is 0.311 e. The lowest BCUT2D eigenvalue weighted by Gasteiger charge is -2.20. The van der Waals surface area contributed by atoms with Gasteiger partial charge in [-0.05, 0) is 0 Å². The molecule has 7 heavy (non-hydrogen) atoms. The number of nitrogens with zero attached hydrogens (tertiary/aromatic N) is 1. The van der Waals surface area contributed by atoms with Crippen molar-refractivity contribution < 1.29 is 4.48 Å². The van der Waals surface area contributed by atoms with Gasteiger partial charge in [-0.2, -0.15) is 0 Å². The predicted octanol–water partition coefficient (Wildman–Crippen LogP) is 0.219. The monoisotopic (exact) mass is 96.1 g/mol. The molecule has 4 heterocycles. The number of fused-ring (bicyclic) bond motifs is 1. The summed E-state index contributed by atoms with van der Waals surface area (Å²) >= 11 is 0. The molecule has 0 saturated carbocycles. The van der Waals surface area contributed by atoms with E-state index in [0.717, 1.165) is 0 Å². The number of hydrogen-bond donors (Lipinski definition) is 0. The first kappa shape index (κ1) is 3.08. The van der Waals surface area contributed by atoms with Gasteiger partial charge in [-0.25, -0.2) is 0 Å². The Morgan fingerprint density at radius 3 is 2.43 bits per heavy atom. The fraction of sp³-hybridized carbons (Fsp3) is 1.00. The van der Waals surface area contributed by atoms with Gasteiger partial charge in [-0.15, -0.1) is 0 Å². The minimum Gasteiger partial charge on any atom is -0.311 e. The van der Waals surface area contributed by atoms with Crippen molar-refractivity contribution in [3.63, 3.8) is 0 Å². The van der Waals surface area contributed by atoms with Crippen LogP contribution < -0.4 is 0 Å². The zero-order valence-electron chi connectivity index (χ0n) is 4.43. The standard InChI is InChI=1S/C6H10N/c1-2-7-3-5(1)6(7)4-7/h5-6H,1-4H2/q+1. The zero-order chi connectivity index (χ0) is 4.48. The smallest absolute Gasteiger partial charge is 0.147 e. The number of piperidine rings is 1. The first-order valence-electron chi connectivity index (χ1n) is 3.26. The maximum Gasteiger partial charge on any atom is 0.147 e. The van der Waals surface area contributed by atoms with E-state index in [9.17, 15) is 0 Å². The van der Waals surface area contributed by atoms with Crippen LogP contribution in [0.15, 0.2) is 0 Å². The zero-order valence-corrected chi connectivity index (χ0v) is 4.43. The molecule has 4 aliphatic heterocycles. The Balaban J connectivity index is 2.16. The molecular weight excluding hydrogens is 86.1 g/mol. The second-order valence-electron chi connectivity index (χ2n) is 3.42. The van der Waals surface area contributed by atoms with Crippen LogP contribution >= 0.6 is 0 Å². The van der Waals surface area contributed by atoms with Crippen LogP contribution in [0.4, 0.5) is 0 Å². The Labute approximate surface area is 43.5 Å². The highest BCUT2D eigenvalue weighted by Crippen LogP contribution is 2.55. The van der Waals surface area contributed by atoms with E-state index in [1.54, 1.807) is 24.0 Å². The molecule has 0 aromatic heterocycles. The Kier molecular flexibility index (Phi) is 0.253. The maximum absolute atomic E-state index is 1.56. The Bertz CT molecular complexity index is 126. The van der Waals surface area contributed by atoms with E-state index in [4.69, 9.17) is 0 Å². The minimum absolute atomic E-state index is 1.19. The summed E-state index contributed by atoms with van der Waals surface area (Å²) in [5, 5.41) is 0. The van der Waals surface area contributed by atoms with E-state index < -0.39 is 0 Å². The highest BCUT2D eigenvalue weighted by Gasteiger charge is 2.74. The Morgan fingerprint density at radius 2 is 2.29 bits per heavy atom. The molecule has 1 nitrogen and oxygen atoms in total. The number of rotatable bonds is 0. The van der Waals surface area contributed by atoms with Crippen molar-refractivity contribution in [2.75, 3.05) is 19.6 Å². The van der Waals surface area contributed by atoms with Crippen LogP contribution in [0.25, 0.3) is 0 Å². The molecule has 0 radical (unpaired) electrons. The molecule has 0 N–H and O–H groups in total.